The molecule has 8 heteroatoms. The summed E-state index contributed by atoms with van der Waals surface area (Å²) in [4.78, 5) is 49.1. The zero-order valence-electron chi connectivity index (χ0n) is 26.5. The van der Waals surface area contributed by atoms with Gasteiger partial charge in [-0.05, 0) is 37.2 Å². The molecule has 3 aliphatic heterocycles. The van der Waals surface area contributed by atoms with Crippen molar-refractivity contribution in [2.24, 2.45) is 17.8 Å². The lowest BCUT2D eigenvalue weighted by Gasteiger charge is -2.41. The second-order valence-electron chi connectivity index (χ2n) is 12.8. The summed E-state index contributed by atoms with van der Waals surface area (Å²) in [6, 6.07) is 8.30. The summed E-state index contributed by atoms with van der Waals surface area (Å²) in [6.07, 6.45) is 7.95. The maximum absolute atomic E-state index is 14.7. The van der Waals surface area contributed by atoms with E-state index in [1.165, 1.54) is 0 Å². The number of fused-ring (bicyclic) bond motifs is 1. The van der Waals surface area contributed by atoms with Crippen LogP contribution in [-0.4, -0.2) is 87.1 Å². The van der Waals surface area contributed by atoms with Gasteiger partial charge in [0, 0.05) is 26.2 Å². The van der Waals surface area contributed by atoms with Crippen LogP contribution in [0.4, 0.5) is 0 Å². The van der Waals surface area contributed by atoms with Crippen LogP contribution in [0.2, 0.25) is 0 Å². The molecule has 1 spiro atoms. The molecule has 4 rings (SSSR count). The predicted octanol–water partition coefficient (Wildman–Crippen LogP) is 4.58. The van der Waals surface area contributed by atoms with Crippen molar-refractivity contribution in [1.82, 2.24) is 14.7 Å². The first-order chi connectivity index (χ1) is 20.7. The molecular formula is C35H51N3O5. The van der Waals surface area contributed by atoms with Gasteiger partial charge in [-0.15, -0.1) is 13.2 Å². The number of nitrogens with zero attached hydrogens (tertiary/aromatic N) is 3. The molecule has 0 aliphatic carbocycles. The Bertz CT molecular complexity index is 1170. The molecule has 3 amide bonds. The van der Waals surface area contributed by atoms with Gasteiger partial charge in [-0.3, -0.25) is 14.4 Å². The van der Waals surface area contributed by atoms with Crippen molar-refractivity contribution in [3.8, 4) is 0 Å². The quantitative estimate of drug-likeness (QED) is 0.224. The normalized spacial score (nSPS) is 28.2. The fourth-order valence-electron chi connectivity index (χ4n) is 7.85. The van der Waals surface area contributed by atoms with Gasteiger partial charge in [0.1, 0.15) is 11.6 Å². The molecule has 3 aliphatic rings. The minimum absolute atomic E-state index is 0.103. The van der Waals surface area contributed by atoms with E-state index in [4.69, 9.17) is 4.74 Å². The minimum Gasteiger partial charge on any atom is -0.394 e. The maximum Gasteiger partial charge on any atom is 0.248 e. The van der Waals surface area contributed by atoms with Gasteiger partial charge in [0.15, 0.2) is 0 Å². The molecule has 3 saturated heterocycles. The van der Waals surface area contributed by atoms with E-state index in [-0.39, 0.29) is 30.2 Å². The molecule has 0 radical (unpaired) electrons. The molecule has 0 aromatic heterocycles. The van der Waals surface area contributed by atoms with Crippen molar-refractivity contribution in [3.05, 3.63) is 61.2 Å². The van der Waals surface area contributed by atoms with Gasteiger partial charge in [0.05, 0.1) is 30.1 Å². The second-order valence-corrected chi connectivity index (χ2v) is 12.8. The first-order valence-corrected chi connectivity index (χ1v) is 16.1. The van der Waals surface area contributed by atoms with E-state index in [0.717, 1.165) is 24.8 Å². The number of benzene rings is 1. The smallest absolute Gasteiger partial charge is 0.248 e. The summed E-state index contributed by atoms with van der Waals surface area (Å²) in [5, 5.41) is 10.6. The van der Waals surface area contributed by atoms with Crippen molar-refractivity contribution in [2.45, 2.75) is 96.1 Å². The average Bonchev–Trinajstić information content (AvgIpc) is 3.60. The first-order valence-electron chi connectivity index (χ1n) is 16.1. The largest absolute Gasteiger partial charge is 0.394 e. The lowest BCUT2D eigenvalue weighted by atomic mass is 9.64. The molecule has 8 nitrogen and oxygen atoms in total. The number of likely N-dealkylation sites (tertiary alicyclic amines) is 1. The molecule has 0 saturated carbocycles. The maximum atomic E-state index is 14.7. The highest BCUT2D eigenvalue weighted by atomic mass is 16.5. The number of aliphatic hydroxyl groups is 1. The van der Waals surface area contributed by atoms with Crippen molar-refractivity contribution in [3.63, 3.8) is 0 Å². The molecule has 2 unspecified atom stereocenters. The van der Waals surface area contributed by atoms with Crippen molar-refractivity contribution >= 4 is 17.7 Å². The number of amides is 3. The van der Waals surface area contributed by atoms with Crippen LogP contribution in [0, 0.1) is 17.8 Å². The van der Waals surface area contributed by atoms with Gasteiger partial charge in [-0.25, -0.2) is 0 Å². The van der Waals surface area contributed by atoms with E-state index in [0.29, 0.717) is 45.4 Å². The van der Waals surface area contributed by atoms with Crippen LogP contribution in [0.1, 0.15) is 71.8 Å². The molecule has 1 aromatic rings. The summed E-state index contributed by atoms with van der Waals surface area (Å²) in [5.74, 6) is -2.23. The zero-order chi connectivity index (χ0) is 31.4. The second kappa shape index (κ2) is 13.8. The van der Waals surface area contributed by atoms with Gasteiger partial charge >= 0.3 is 0 Å². The summed E-state index contributed by atoms with van der Waals surface area (Å²) in [7, 11) is 0. The summed E-state index contributed by atoms with van der Waals surface area (Å²) >= 11 is 0. The Morgan fingerprint density at radius 3 is 2.33 bits per heavy atom. The Morgan fingerprint density at radius 1 is 1.07 bits per heavy atom. The first kappa shape index (κ1) is 32.9. The van der Waals surface area contributed by atoms with Crippen LogP contribution in [0.3, 0.4) is 0 Å². The molecule has 3 fully saturated rings. The van der Waals surface area contributed by atoms with E-state index in [2.05, 4.69) is 20.1 Å². The number of hydrogen-bond acceptors (Lipinski definition) is 5. The van der Waals surface area contributed by atoms with E-state index in [1.807, 2.05) is 51.1 Å². The zero-order valence-corrected chi connectivity index (χ0v) is 26.5. The van der Waals surface area contributed by atoms with Crippen LogP contribution in [0.25, 0.3) is 0 Å². The van der Waals surface area contributed by atoms with Crippen LogP contribution < -0.4 is 0 Å². The molecule has 1 N–H and O–H groups in total. The van der Waals surface area contributed by atoms with E-state index in [1.54, 1.807) is 26.9 Å². The molecular weight excluding hydrogens is 542 g/mol. The van der Waals surface area contributed by atoms with Gasteiger partial charge in [-0.2, -0.15) is 0 Å². The number of rotatable bonds is 16. The van der Waals surface area contributed by atoms with Crippen LogP contribution in [0.15, 0.2) is 55.6 Å². The van der Waals surface area contributed by atoms with Crippen LogP contribution >= 0.6 is 0 Å². The van der Waals surface area contributed by atoms with Crippen LogP contribution in [-0.2, 0) is 25.7 Å². The standard InChI is InChI=1S/C35H51N3O5/c1-7-11-15-22-36(20-8-2)33(42)30-35-19-18-34(10-4,43-35)28(29(35)32(41)38(30)27(24-39)25(5)6)31(40)37(21-9-3)23-26-16-13-12-14-17-26/h8-9,12-14,16-17,25,27-30,39H,2-3,7,10-11,15,18-24H2,1,4-6H3/t27-,28+,29-,30?,34-,35?/m0/s1. The van der Waals surface area contributed by atoms with E-state index >= 15 is 0 Å². The Labute approximate surface area is 257 Å². The molecule has 2 bridgehead atoms. The third kappa shape index (κ3) is 5.80. The van der Waals surface area contributed by atoms with Gasteiger partial charge in [0.25, 0.3) is 0 Å². The summed E-state index contributed by atoms with van der Waals surface area (Å²) in [6.45, 7) is 17.2. The van der Waals surface area contributed by atoms with Crippen molar-refractivity contribution in [2.75, 3.05) is 26.2 Å². The Kier molecular flexibility index (Phi) is 10.5. The van der Waals surface area contributed by atoms with E-state index < -0.39 is 35.1 Å². The SMILES string of the molecule is C=CCN(CCCCC)C(=O)C1N([C@@H](CO)C(C)C)C(=O)[C@@H]2[C@H](C(=O)N(CC=C)Cc3ccccc3)[C@]3(CC)CCC12O3. The minimum atomic E-state index is -1.14. The van der Waals surface area contributed by atoms with Gasteiger partial charge in [-0.1, -0.05) is 83.0 Å². The Hall–Kier alpha value is -2.97. The molecule has 1 aromatic carbocycles. The Balaban J connectivity index is 1.80. The fourth-order valence-corrected chi connectivity index (χ4v) is 7.85. The molecule has 6 atom stereocenters. The fraction of sp³-hybridized carbons (Fsp3) is 0.629. The van der Waals surface area contributed by atoms with Crippen molar-refractivity contribution < 1.29 is 24.2 Å². The number of aliphatic hydroxyl groups excluding tert-OH is 1. The predicted molar refractivity (Wildman–Crippen MR) is 168 cm³/mol. The number of hydrogen-bond donors (Lipinski definition) is 1. The number of unbranched alkanes of at least 4 members (excludes halogenated alkanes) is 2. The van der Waals surface area contributed by atoms with Gasteiger partial charge in [0.2, 0.25) is 17.7 Å². The highest BCUT2D eigenvalue weighted by Crippen LogP contribution is 2.65. The molecule has 43 heavy (non-hydrogen) atoms. The summed E-state index contributed by atoms with van der Waals surface area (Å²) < 4.78 is 7.00. The molecule has 3 heterocycles. The van der Waals surface area contributed by atoms with Gasteiger partial charge < -0.3 is 24.5 Å². The highest BCUT2D eigenvalue weighted by Gasteiger charge is 2.79. The summed E-state index contributed by atoms with van der Waals surface area (Å²) in [5.41, 5.74) is -0.985. The topological polar surface area (TPSA) is 90.4 Å². The molecule has 236 valence electrons. The van der Waals surface area contributed by atoms with E-state index in [9.17, 15) is 19.5 Å². The highest BCUT2D eigenvalue weighted by molar-refractivity contribution is 5.99. The lowest BCUT2D eigenvalue weighted by molar-refractivity contribution is -0.159. The number of carbonyl (C=O) groups excluding carboxylic acids is 3. The number of ether oxygens (including phenoxy) is 1. The van der Waals surface area contributed by atoms with Crippen LogP contribution in [0.5, 0.6) is 0 Å². The third-order valence-electron chi connectivity index (χ3n) is 10.0. The lowest BCUT2D eigenvalue weighted by Crippen LogP contribution is -2.59. The third-order valence-corrected chi connectivity index (χ3v) is 10.0. The monoisotopic (exact) mass is 593 g/mol. The average molecular weight is 594 g/mol. The Morgan fingerprint density at radius 2 is 1.74 bits per heavy atom. The number of carbonyl (C=O) groups is 3. The van der Waals surface area contributed by atoms with Crippen molar-refractivity contribution in [1.29, 1.82) is 0 Å².